The van der Waals surface area contributed by atoms with E-state index in [2.05, 4.69) is 4.74 Å². The van der Waals surface area contributed by atoms with Crippen LogP contribution in [0.25, 0.3) is 0 Å². The zero-order chi connectivity index (χ0) is 16.0. The van der Waals surface area contributed by atoms with Crippen LogP contribution in [0, 0.1) is 5.82 Å². The Labute approximate surface area is 124 Å². The predicted octanol–water partition coefficient (Wildman–Crippen LogP) is 4.07. The van der Waals surface area contributed by atoms with E-state index in [0.29, 0.717) is 0 Å². The summed E-state index contributed by atoms with van der Waals surface area (Å²) in [6.45, 7) is -0.607. The van der Waals surface area contributed by atoms with E-state index in [1.807, 2.05) is 5.32 Å². The number of carbonyl (C=O) groups is 1. The summed E-state index contributed by atoms with van der Waals surface area (Å²) in [6, 6.07) is -1.74. The second-order valence-corrected chi connectivity index (χ2v) is 4.21. The number of alkyl carbamates (subject to hydrolysis) is 1. The number of halogens is 8. The average Bonchev–Trinajstić information content (AvgIpc) is 2.72. The molecule has 11 heteroatoms. The molecule has 0 radical (unpaired) electrons. The fourth-order valence-corrected chi connectivity index (χ4v) is 1.91. The fourth-order valence-electron chi connectivity index (χ4n) is 1.91. The van der Waals surface area contributed by atoms with Crippen LogP contribution in [-0.2, 0) is 17.1 Å². The lowest BCUT2D eigenvalue weighted by molar-refractivity contribution is -0.144. The first-order chi connectivity index (χ1) is 9.50. The Morgan fingerprint density at radius 1 is 1.09 bits per heavy atom. The van der Waals surface area contributed by atoms with Crippen LogP contribution in [0.5, 0.6) is 0 Å². The van der Waals surface area contributed by atoms with Crippen LogP contribution in [0.2, 0.25) is 0 Å². The lowest BCUT2D eigenvalue weighted by Crippen LogP contribution is -2.24. The van der Waals surface area contributed by atoms with Crippen molar-refractivity contribution in [2.24, 2.45) is 0 Å². The standard InChI is InChI=1S/C11H6F7NO2.ClH/c12-6-2-4(10(13,14)15)1-5(11(16,17)18)8(6)7-3-21-9(20)19-7;/h1-2,7H,3H2,(H,19,20);1H/t7-;/m1./s1. The summed E-state index contributed by atoms with van der Waals surface area (Å²) in [5.74, 6) is -1.71. The number of hydrogen-bond acceptors (Lipinski definition) is 2. The van der Waals surface area contributed by atoms with E-state index < -0.39 is 53.6 Å². The maximum absolute atomic E-state index is 13.7. The van der Waals surface area contributed by atoms with Gasteiger partial charge in [-0.25, -0.2) is 9.18 Å². The molecule has 0 spiro atoms. The minimum absolute atomic E-state index is 0. The Morgan fingerprint density at radius 2 is 1.68 bits per heavy atom. The van der Waals surface area contributed by atoms with Gasteiger partial charge in [0.25, 0.3) is 0 Å². The highest BCUT2D eigenvalue weighted by atomic mass is 35.5. The van der Waals surface area contributed by atoms with E-state index in [9.17, 15) is 35.5 Å². The smallest absolute Gasteiger partial charge is 0.416 e. The molecular weight excluding hydrogens is 347 g/mol. The van der Waals surface area contributed by atoms with E-state index in [0.717, 1.165) is 0 Å². The Hall–Kier alpha value is -1.71. The lowest BCUT2D eigenvalue weighted by atomic mass is 9.97. The van der Waals surface area contributed by atoms with Gasteiger partial charge in [0.15, 0.2) is 0 Å². The van der Waals surface area contributed by atoms with Crippen molar-refractivity contribution in [3.8, 4) is 0 Å². The monoisotopic (exact) mass is 353 g/mol. The molecule has 0 aromatic heterocycles. The number of carbonyl (C=O) groups excluding carboxylic acids is 1. The SMILES string of the molecule is Cl.O=C1N[C@@H](c2c(F)cc(C(F)(F)F)cc2C(F)(F)F)CO1. The van der Waals surface area contributed by atoms with Gasteiger partial charge in [0, 0.05) is 5.56 Å². The van der Waals surface area contributed by atoms with Gasteiger partial charge in [-0.05, 0) is 12.1 Å². The maximum atomic E-state index is 13.7. The van der Waals surface area contributed by atoms with Crippen LogP contribution in [0.15, 0.2) is 12.1 Å². The van der Waals surface area contributed by atoms with Crippen LogP contribution < -0.4 is 5.32 Å². The fraction of sp³-hybridized carbons (Fsp3) is 0.364. The number of rotatable bonds is 1. The highest BCUT2D eigenvalue weighted by Gasteiger charge is 2.42. The average molecular weight is 354 g/mol. The number of nitrogens with one attached hydrogen (secondary N) is 1. The first-order valence-corrected chi connectivity index (χ1v) is 5.41. The Bertz CT molecular complexity index is 585. The van der Waals surface area contributed by atoms with Gasteiger partial charge in [-0.2, -0.15) is 26.3 Å². The van der Waals surface area contributed by atoms with Gasteiger partial charge in [-0.1, -0.05) is 0 Å². The minimum atomic E-state index is -5.22. The van der Waals surface area contributed by atoms with Gasteiger partial charge in [-0.15, -0.1) is 12.4 Å². The number of hydrogen-bond donors (Lipinski definition) is 1. The van der Waals surface area contributed by atoms with E-state index in [1.54, 1.807) is 0 Å². The third kappa shape index (κ3) is 3.54. The molecule has 1 N–H and O–H groups in total. The minimum Gasteiger partial charge on any atom is -0.447 e. The van der Waals surface area contributed by atoms with Crippen molar-refractivity contribution in [1.82, 2.24) is 5.32 Å². The molecule has 1 fully saturated rings. The molecule has 1 aromatic rings. The third-order valence-electron chi connectivity index (χ3n) is 2.78. The molecule has 1 aliphatic rings. The number of alkyl halides is 6. The Morgan fingerprint density at radius 3 is 2.09 bits per heavy atom. The summed E-state index contributed by atoms with van der Waals surface area (Å²) >= 11 is 0. The quantitative estimate of drug-likeness (QED) is 0.773. The molecule has 1 saturated heterocycles. The number of benzene rings is 1. The van der Waals surface area contributed by atoms with E-state index in [1.165, 1.54) is 0 Å². The molecule has 22 heavy (non-hydrogen) atoms. The molecule has 1 amide bonds. The van der Waals surface area contributed by atoms with Gasteiger partial charge >= 0.3 is 18.4 Å². The molecular formula is C11H7ClF7NO2. The lowest BCUT2D eigenvalue weighted by Gasteiger charge is -2.19. The summed E-state index contributed by atoms with van der Waals surface area (Å²) in [4.78, 5) is 10.8. The molecule has 3 nitrogen and oxygen atoms in total. The van der Waals surface area contributed by atoms with Gasteiger partial charge in [0.1, 0.15) is 12.4 Å². The summed E-state index contributed by atoms with van der Waals surface area (Å²) in [5, 5.41) is 1.90. The Balaban J connectivity index is 0.00000242. The van der Waals surface area contributed by atoms with E-state index >= 15 is 0 Å². The molecule has 0 saturated carbocycles. The molecule has 1 heterocycles. The molecule has 1 atom stereocenters. The van der Waals surface area contributed by atoms with Crippen molar-refractivity contribution < 1.29 is 40.3 Å². The molecule has 124 valence electrons. The largest absolute Gasteiger partial charge is 0.447 e. The summed E-state index contributed by atoms with van der Waals surface area (Å²) in [5.41, 5.74) is -4.65. The van der Waals surface area contributed by atoms with Crippen LogP contribution in [0.1, 0.15) is 22.7 Å². The van der Waals surface area contributed by atoms with Crippen molar-refractivity contribution >= 4 is 18.5 Å². The second-order valence-electron chi connectivity index (χ2n) is 4.21. The van der Waals surface area contributed by atoms with Gasteiger partial charge in [0.2, 0.25) is 0 Å². The van der Waals surface area contributed by atoms with Crippen molar-refractivity contribution in [2.75, 3.05) is 6.61 Å². The number of ether oxygens (including phenoxy) is 1. The number of cyclic esters (lactones) is 1. The molecule has 0 bridgehead atoms. The highest BCUT2D eigenvalue weighted by molar-refractivity contribution is 5.85. The molecule has 1 aromatic carbocycles. The molecule has 0 aliphatic carbocycles. The first-order valence-electron chi connectivity index (χ1n) is 5.41. The summed E-state index contributed by atoms with van der Waals surface area (Å²) in [6.07, 6.45) is -11.4. The topological polar surface area (TPSA) is 38.3 Å². The van der Waals surface area contributed by atoms with Gasteiger partial charge in [0.05, 0.1) is 17.2 Å². The van der Waals surface area contributed by atoms with Crippen molar-refractivity contribution in [3.63, 3.8) is 0 Å². The van der Waals surface area contributed by atoms with Crippen molar-refractivity contribution in [1.29, 1.82) is 0 Å². The zero-order valence-corrected chi connectivity index (χ0v) is 11.1. The molecule has 1 aliphatic heterocycles. The normalized spacial score (nSPS) is 18.5. The van der Waals surface area contributed by atoms with E-state index in [4.69, 9.17) is 0 Å². The first kappa shape index (κ1) is 18.3. The molecule has 0 unspecified atom stereocenters. The highest BCUT2D eigenvalue weighted by Crippen LogP contribution is 2.41. The molecule has 2 rings (SSSR count). The van der Waals surface area contributed by atoms with Crippen LogP contribution in [0.4, 0.5) is 35.5 Å². The maximum Gasteiger partial charge on any atom is 0.416 e. The second kappa shape index (κ2) is 5.82. The summed E-state index contributed by atoms with van der Waals surface area (Å²) < 4.78 is 94.1. The van der Waals surface area contributed by atoms with E-state index in [-0.39, 0.29) is 24.5 Å². The van der Waals surface area contributed by atoms with Crippen molar-refractivity contribution in [2.45, 2.75) is 18.4 Å². The third-order valence-corrected chi connectivity index (χ3v) is 2.78. The Kier molecular flexibility index (Phi) is 4.85. The van der Waals surface area contributed by atoms with Gasteiger partial charge < -0.3 is 10.1 Å². The predicted molar refractivity (Wildman–Crippen MR) is 60.9 cm³/mol. The number of amides is 1. The summed E-state index contributed by atoms with van der Waals surface area (Å²) in [7, 11) is 0. The van der Waals surface area contributed by atoms with Crippen LogP contribution >= 0.6 is 12.4 Å². The van der Waals surface area contributed by atoms with Crippen LogP contribution in [0.3, 0.4) is 0 Å². The van der Waals surface area contributed by atoms with Gasteiger partial charge in [-0.3, -0.25) is 0 Å². The van der Waals surface area contributed by atoms with Crippen LogP contribution in [-0.4, -0.2) is 12.7 Å². The van der Waals surface area contributed by atoms with Crippen molar-refractivity contribution in [3.05, 3.63) is 34.6 Å². The zero-order valence-electron chi connectivity index (χ0n) is 10.3.